The van der Waals surface area contributed by atoms with Gasteiger partial charge in [0.05, 0.1) is 34.6 Å². The normalized spacial score (nSPS) is 17.0. The van der Waals surface area contributed by atoms with Crippen LogP contribution in [-0.4, -0.2) is 43.4 Å². The van der Waals surface area contributed by atoms with Crippen molar-refractivity contribution in [3.8, 4) is 11.5 Å². The van der Waals surface area contributed by atoms with Gasteiger partial charge in [-0.2, -0.15) is 0 Å². The number of aryl methyl sites for hydroxylation is 3. The number of carbonyl (C=O) groups excluding carboxylic acids is 2. The van der Waals surface area contributed by atoms with Crippen LogP contribution in [0.2, 0.25) is 0 Å². The maximum atomic E-state index is 13.7. The number of ketones is 1. The molecule has 0 aliphatic carbocycles. The minimum Gasteiger partial charge on any atom is -0.505 e. The average Bonchev–Trinajstić information content (AvgIpc) is 3.55. The minimum atomic E-state index is -1.03. The van der Waals surface area contributed by atoms with Gasteiger partial charge in [-0.1, -0.05) is 29.5 Å². The predicted octanol–water partition coefficient (Wildman–Crippen LogP) is 5.21. The Morgan fingerprint density at radius 3 is 2.62 bits per heavy atom. The molecule has 2 aromatic carbocycles. The number of hydrogen-bond donors (Lipinski definition) is 2. The standard InChI is InChI=1S/C29H24N4O5S/c1-14-11-15(2)23-20(12-14)39-29(31-23)33-25(17-8-9-18(34)19(13-17)38-4)22(27(36)28(33)37)26(35)24-16(3)30-21-7-5-6-10-32(21)24/h5-13,25,34-35H,1-4H3/b26-22+. The maximum absolute atomic E-state index is 13.7. The molecule has 1 saturated heterocycles. The molecule has 196 valence electrons. The Morgan fingerprint density at radius 1 is 1.05 bits per heavy atom. The van der Waals surface area contributed by atoms with Gasteiger partial charge in [-0.15, -0.1) is 0 Å². The molecule has 5 aromatic rings. The number of aromatic nitrogens is 3. The average molecular weight is 541 g/mol. The number of rotatable bonds is 4. The first-order chi connectivity index (χ1) is 18.7. The van der Waals surface area contributed by atoms with Crippen LogP contribution in [0.1, 0.15) is 34.1 Å². The lowest BCUT2D eigenvalue weighted by molar-refractivity contribution is -0.132. The number of nitrogens with zero attached hydrogens (tertiary/aromatic N) is 4. The third-order valence-corrected chi connectivity index (χ3v) is 7.92. The highest BCUT2D eigenvalue weighted by Crippen LogP contribution is 2.46. The van der Waals surface area contributed by atoms with E-state index in [0.29, 0.717) is 27.7 Å². The maximum Gasteiger partial charge on any atom is 0.301 e. The van der Waals surface area contributed by atoms with Crippen LogP contribution >= 0.6 is 11.3 Å². The molecule has 4 heterocycles. The lowest BCUT2D eigenvalue weighted by Gasteiger charge is -2.23. The zero-order valence-electron chi connectivity index (χ0n) is 21.6. The highest BCUT2D eigenvalue weighted by Gasteiger charge is 2.49. The summed E-state index contributed by atoms with van der Waals surface area (Å²) in [6.07, 6.45) is 1.73. The number of amides is 1. The number of ether oxygens (including phenoxy) is 1. The fourth-order valence-electron chi connectivity index (χ4n) is 5.20. The van der Waals surface area contributed by atoms with Crippen LogP contribution in [-0.2, 0) is 9.59 Å². The summed E-state index contributed by atoms with van der Waals surface area (Å²) in [7, 11) is 1.41. The van der Waals surface area contributed by atoms with Gasteiger partial charge >= 0.3 is 5.91 Å². The third-order valence-electron chi connectivity index (χ3n) is 6.92. The molecule has 0 spiro atoms. The monoisotopic (exact) mass is 540 g/mol. The molecule has 3 aromatic heterocycles. The fourth-order valence-corrected chi connectivity index (χ4v) is 6.37. The number of hydrogen-bond acceptors (Lipinski definition) is 8. The predicted molar refractivity (Wildman–Crippen MR) is 148 cm³/mol. The van der Waals surface area contributed by atoms with Crippen LogP contribution in [0.25, 0.3) is 21.6 Å². The molecule has 1 aliphatic heterocycles. The summed E-state index contributed by atoms with van der Waals surface area (Å²) in [5.41, 5.74) is 4.51. The van der Waals surface area contributed by atoms with E-state index in [1.165, 1.54) is 29.4 Å². The fraction of sp³-hybridized carbons (Fsp3) is 0.172. The first-order valence-electron chi connectivity index (χ1n) is 12.2. The van der Waals surface area contributed by atoms with E-state index >= 15 is 0 Å². The molecule has 0 radical (unpaired) electrons. The Morgan fingerprint density at radius 2 is 1.85 bits per heavy atom. The van der Waals surface area contributed by atoms with Gasteiger partial charge in [0.25, 0.3) is 5.78 Å². The van der Waals surface area contributed by atoms with Gasteiger partial charge in [-0.3, -0.25) is 18.9 Å². The molecule has 1 atom stereocenters. The molecule has 9 nitrogen and oxygen atoms in total. The zero-order valence-corrected chi connectivity index (χ0v) is 22.4. The van der Waals surface area contributed by atoms with Crippen molar-refractivity contribution in [3.05, 3.63) is 88.4 Å². The van der Waals surface area contributed by atoms with Crippen molar-refractivity contribution in [1.82, 2.24) is 14.4 Å². The van der Waals surface area contributed by atoms with Crippen molar-refractivity contribution < 1.29 is 24.5 Å². The van der Waals surface area contributed by atoms with E-state index in [1.807, 2.05) is 32.0 Å². The van der Waals surface area contributed by atoms with Crippen molar-refractivity contribution in [2.45, 2.75) is 26.8 Å². The van der Waals surface area contributed by atoms with E-state index in [-0.39, 0.29) is 22.8 Å². The molecular weight excluding hydrogens is 516 g/mol. The number of aliphatic hydroxyl groups is 1. The largest absolute Gasteiger partial charge is 0.505 e. The number of anilines is 1. The zero-order chi connectivity index (χ0) is 27.6. The van der Waals surface area contributed by atoms with Gasteiger partial charge < -0.3 is 14.9 Å². The van der Waals surface area contributed by atoms with Crippen LogP contribution < -0.4 is 9.64 Å². The number of imidazole rings is 1. The summed E-state index contributed by atoms with van der Waals surface area (Å²) >= 11 is 1.30. The minimum absolute atomic E-state index is 0.0954. The third kappa shape index (κ3) is 3.75. The quantitative estimate of drug-likeness (QED) is 0.183. The number of thiazole rings is 1. The number of Topliss-reactive ketones (excluding diaryl/α,β-unsaturated/α-hetero) is 1. The molecule has 0 bridgehead atoms. The summed E-state index contributed by atoms with van der Waals surface area (Å²) in [6, 6.07) is 12.9. The van der Waals surface area contributed by atoms with Crippen LogP contribution in [0, 0.1) is 20.8 Å². The molecular formula is C29H24N4O5S. The Kier molecular flexibility index (Phi) is 5.65. The molecule has 2 N–H and O–H groups in total. The molecule has 1 amide bonds. The summed E-state index contributed by atoms with van der Waals surface area (Å²) in [5.74, 6) is -1.94. The molecule has 6 rings (SSSR count). The number of phenols is 1. The second-order valence-electron chi connectivity index (χ2n) is 9.50. The van der Waals surface area contributed by atoms with Gasteiger partial charge in [-0.25, -0.2) is 9.97 Å². The number of benzene rings is 2. The van der Waals surface area contributed by atoms with Crippen LogP contribution in [0.5, 0.6) is 11.5 Å². The smallest absolute Gasteiger partial charge is 0.301 e. The molecule has 39 heavy (non-hydrogen) atoms. The lowest BCUT2D eigenvalue weighted by atomic mass is 9.96. The lowest BCUT2D eigenvalue weighted by Crippen LogP contribution is -2.29. The van der Waals surface area contributed by atoms with Crippen molar-refractivity contribution in [2.24, 2.45) is 0 Å². The Labute approximate surface area is 227 Å². The summed E-state index contributed by atoms with van der Waals surface area (Å²) in [5, 5.41) is 22.3. The summed E-state index contributed by atoms with van der Waals surface area (Å²) < 4.78 is 7.87. The van der Waals surface area contributed by atoms with E-state index in [2.05, 4.69) is 4.98 Å². The summed E-state index contributed by atoms with van der Waals surface area (Å²) in [4.78, 5) is 37.9. The highest BCUT2D eigenvalue weighted by atomic mass is 32.1. The number of carbonyl (C=O) groups is 2. The first-order valence-corrected chi connectivity index (χ1v) is 13.0. The SMILES string of the molecule is COc1cc(C2/C(=C(\O)c3c(C)nc4ccccn34)C(=O)C(=O)N2c2nc3c(C)cc(C)cc3s2)ccc1O. The van der Waals surface area contributed by atoms with Crippen molar-refractivity contribution in [1.29, 1.82) is 0 Å². The molecule has 1 fully saturated rings. The van der Waals surface area contributed by atoms with Crippen molar-refractivity contribution in [3.63, 3.8) is 0 Å². The molecule has 1 aliphatic rings. The van der Waals surface area contributed by atoms with Gasteiger partial charge in [-0.05, 0) is 67.8 Å². The van der Waals surface area contributed by atoms with Crippen molar-refractivity contribution >= 4 is 49.8 Å². The van der Waals surface area contributed by atoms with Crippen LogP contribution in [0.4, 0.5) is 5.13 Å². The number of phenolic OH excluding ortho intramolecular Hbond substituents is 1. The van der Waals surface area contributed by atoms with E-state index in [4.69, 9.17) is 9.72 Å². The van der Waals surface area contributed by atoms with Gasteiger partial charge in [0, 0.05) is 6.20 Å². The second kappa shape index (κ2) is 8.95. The van der Waals surface area contributed by atoms with Gasteiger partial charge in [0.15, 0.2) is 22.4 Å². The Balaban J connectivity index is 1.63. The topological polar surface area (TPSA) is 117 Å². The van der Waals surface area contributed by atoms with E-state index in [0.717, 1.165) is 21.3 Å². The van der Waals surface area contributed by atoms with E-state index < -0.39 is 17.7 Å². The first kappa shape index (κ1) is 24.6. The highest BCUT2D eigenvalue weighted by molar-refractivity contribution is 7.22. The van der Waals surface area contributed by atoms with E-state index in [9.17, 15) is 19.8 Å². The molecule has 1 unspecified atom stereocenters. The summed E-state index contributed by atoms with van der Waals surface area (Å²) in [6.45, 7) is 5.66. The van der Waals surface area contributed by atoms with E-state index in [1.54, 1.807) is 41.8 Å². The number of methoxy groups -OCH3 is 1. The Hall–Kier alpha value is -4.70. The molecule has 0 saturated carbocycles. The number of aromatic hydroxyl groups is 1. The van der Waals surface area contributed by atoms with Gasteiger partial charge in [0.2, 0.25) is 0 Å². The number of aliphatic hydroxyl groups excluding tert-OH is 1. The van der Waals surface area contributed by atoms with Crippen LogP contribution in [0.15, 0.2) is 60.3 Å². The number of pyridine rings is 1. The Bertz CT molecular complexity index is 1870. The van der Waals surface area contributed by atoms with Crippen molar-refractivity contribution in [2.75, 3.05) is 12.0 Å². The molecule has 10 heteroatoms. The van der Waals surface area contributed by atoms with Gasteiger partial charge in [0.1, 0.15) is 11.3 Å². The second-order valence-corrected chi connectivity index (χ2v) is 10.5. The van der Waals surface area contributed by atoms with Crippen LogP contribution in [0.3, 0.4) is 0 Å². The number of fused-ring (bicyclic) bond motifs is 2.